The van der Waals surface area contributed by atoms with Crippen molar-refractivity contribution in [2.45, 2.75) is 6.92 Å². The van der Waals surface area contributed by atoms with Gasteiger partial charge in [-0.2, -0.15) is 5.26 Å². The van der Waals surface area contributed by atoms with Gasteiger partial charge in [0.05, 0.1) is 13.7 Å². The molecule has 0 aliphatic heterocycles. The van der Waals surface area contributed by atoms with Gasteiger partial charge < -0.3 is 20.5 Å². The number of nitrogens with zero attached hydrogens (tertiary/aromatic N) is 1. The predicted molar refractivity (Wildman–Crippen MR) is 65.0 cm³/mol. The van der Waals surface area contributed by atoms with Gasteiger partial charge in [-0.15, -0.1) is 11.3 Å². The minimum Gasteiger partial charge on any atom is -0.492 e. The SMILES string of the molecule is CCOCCNc1sc(C#N)c(N)c1OC. The first-order valence-electron chi connectivity index (χ1n) is 4.92. The Morgan fingerprint density at radius 2 is 2.31 bits per heavy atom. The highest BCUT2D eigenvalue weighted by atomic mass is 32.1. The van der Waals surface area contributed by atoms with Gasteiger partial charge >= 0.3 is 0 Å². The van der Waals surface area contributed by atoms with E-state index < -0.39 is 0 Å². The van der Waals surface area contributed by atoms with Gasteiger partial charge in [-0.1, -0.05) is 0 Å². The third-order valence-electron chi connectivity index (χ3n) is 1.94. The molecule has 5 nitrogen and oxygen atoms in total. The average Bonchev–Trinajstić information content (AvgIpc) is 2.60. The molecule has 1 heterocycles. The predicted octanol–water partition coefficient (Wildman–Crippen LogP) is 1.66. The first-order chi connectivity index (χ1) is 7.74. The molecule has 0 unspecified atom stereocenters. The van der Waals surface area contributed by atoms with E-state index in [2.05, 4.69) is 5.32 Å². The molecule has 3 N–H and O–H groups in total. The van der Waals surface area contributed by atoms with Gasteiger partial charge in [0.2, 0.25) is 0 Å². The second-order valence-corrected chi connectivity index (χ2v) is 3.96. The Bertz CT molecular complexity index is 384. The van der Waals surface area contributed by atoms with Gasteiger partial charge in [-0.05, 0) is 6.92 Å². The highest BCUT2D eigenvalue weighted by Crippen LogP contribution is 2.41. The summed E-state index contributed by atoms with van der Waals surface area (Å²) in [4.78, 5) is 0.468. The Balaban J connectivity index is 2.68. The molecular formula is C10H15N3O2S. The highest BCUT2D eigenvalue weighted by molar-refractivity contribution is 7.17. The number of hydrogen-bond acceptors (Lipinski definition) is 6. The first-order valence-corrected chi connectivity index (χ1v) is 5.74. The Labute approximate surface area is 98.8 Å². The summed E-state index contributed by atoms with van der Waals surface area (Å²) in [6.07, 6.45) is 0. The average molecular weight is 241 g/mol. The molecule has 0 saturated carbocycles. The number of rotatable bonds is 6. The molecule has 6 heteroatoms. The lowest BCUT2D eigenvalue weighted by atomic mass is 10.4. The third-order valence-corrected chi connectivity index (χ3v) is 2.99. The van der Waals surface area contributed by atoms with Crippen LogP contribution in [-0.2, 0) is 4.74 Å². The van der Waals surface area contributed by atoms with Crippen LogP contribution in [0, 0.1) is 11.3 Å². The summed E-state index contributed by atoms with van der Waals surface area (Å²) in [7, 11) is 1.54. The second kappa shape index (κ2) is 6.20. The molecule has 0 spiro atoms. The standard InChI is InChI=1S/C10H15N3O2S/c1-3-15-5-4-13-10-9(14-2)8(12)7(6-11)16-10/h13H,3-5,12H2,1-2H3. The van der Waals surface area contributed by atoms with Crippen LogP contribution in [0.4, 0.5) is 10.7 Å². The number of thiophene rings is 1. The van der Waals surface area contributed by atoms with Crippen LogP contribution in [0.25, 0.3) is 0 Å². The number of nitrogens with two attached hydrogens (primary N) is 1. The molecule has 88 valence electrons. The maximum absolute atomic E-state index is 8.83. The number of ether oxygens (including phenoxy) is 2. The van der Waals surface area contributed by atoms with Crippen LogP contribution in [-0.4, -0.2) is 26.9 Å². The highest BCUT2D eigenvalue weighted by Gasteiger charge is 2.15. The van der Waals surface area contributed by atoms with Crippen LogP contribution in [0.3, 0.4) is 0 Å². The Morgan fingerprint density at radius 3 is 2.88 bits per heavy atom. The van der Waals surface area contributed by atoms with E-state index in [0.717, 1.165) is 5.00 Å². The van der Waals surface area contributed by atoms with Crippen molar-refractivity contribution in [3.8, 4) is 11.8 Å². The zero-order chi connectivity index (χ0) is 12.0. The molecule has 0 atom stereocenters. The van der Waals surface area contributed by atoms with Crippen LogP contribution in [0.2, 0.25) is 0 Å². The molecule has 0 amide bonds. The van der Waals surface area contributed by atoms with Gasteiger partial charge in [-0.3, -0.25) is 0 Å². The van der Waals surface area contributed by atoms with E-state index in [-0.39, 0.29) is 0 Å². The smallest absolute Gasteiger partial charge is 0.177 e. The lowest BCUT2D eigenvalue weighted by molar-refractivity contribution is 0.158. The van der Waals surface area contributed by atoms with Crippen molar-refractivity contribution in [2.75, 3.05) is 37.9 Å². The van der Waals surface area contributed by atoms with Crippen molar-refractivity contribution in [1.29, 1.82) is 5.26 Å². The molecule has 0 aliphatic rings. The van der Waals surface area contributed by atoms with Gasteiger partial charge in [0.15, 0.2) is 5.75 Å². The molecule has 0 bridgehead atoms. The van der Waals surface area contributed by atoms with Gasteiger partial charge in [0, 0.05) is 13.2 Å². The largest absolute Gasteiger partial charge is 0.492 e. The Morgan fingerprint density at radius 1 is 1.56 bits per heavy atom. The topological polar surface area (TPSA) is 80.3 Å². The van der Waals surface area contributed by atoms with Crippen molar-refractivity contribution < 1.29 is 9.47 Å². The summed E-state index contributed by atoms with van der Waals surface area (Å²) in [5.74, 6) is 0.540. The molecule has 0 radical (unpaired) electrons. The molecule has 1 aromatic heterocycles. The van der Waals surface area contributed by atoms with Crippen molar-refractivity contribution >= 4 is 22.0 Å². The van der Waals surface area contributed by atoms with Crippen molar-refractivity contribution in [3.63, 3.8) is 0 Å². The van der Waals surface area contributed by atoms with Gasteiger partial charge in [0.25, 0.3) is 0 Å². The summed E-state index contributed by atoms with van der Waals surface area (Å²) in [6.45, 7) is 3.90. The molecule has 0 saturated heterocycles. The summed E-state index contributed by atoms with van der Waals surface area (Å²) in [5, 5.41) is 12.7. The zero-order valence-electron chi connectivity index (χ0n) is 9.37. The van der Waals surface area contributed by atoms with E-state index in [9.17, 15) is 0 Å². The summed E-state index contributed by atoms with van der Waals surface area (Å²) < 4.78 is 10.3. The second-order valence-electron chi connectivity index (χ2n) is 2.94. The molecule has 0 aliphatic carbocycles. The lowest BCUT2D eigenvalue weighted by Crippen LogP contribution is -2.08. The monoisotopic (exact) mass is 241 g/mol. The van der Waals surface area contributed by atoms with E-state index in [1.54, 1.807) is 0 Å². The maximum atomic E-state index is 8.83. The van der Waals surface area contributed by atoms with Crippen LogP contribution < -0.4 is 15.8 Å². The molecule has 1 rings (SSSR count). The number of methoxy groups -OCH3 is 1. The van der Waals surface area contributed by atoms with Gasteiger partial charge in [0.1, 0.15) is 21.6 Å². The number of nitriles is 1. The van der Waals surface area contributed by atoms with Crippen LogP contribution in [0.15, 0.2) is 0 Å². The normalized spacial score (nSPS) is 9.81. The molecule has 16 heavy (non-hydrogen) atoms. The number of anilines is 2. The fourth-order valence-electron chi connectivity index (χ4n) is 1.21. The molecule has 0 fully saturated rings. The van der Waals surface area contributed by atoms with E-state index >= 15 is 0 Å². The van der Waals surface area contributed by atoms with Crippen LogP contribution in [0.5, 0.6) is 5.75 Å². The van der Waals surface area contributed by atoms with Gasteiger partial charge in [-0.25, -0.2) is 0 Å². The summed E-state index contributed by atoms with van der Waals surface area (Å²) >= 11 is 1.29. The minimum atomic E-state index is 0.397. The lowest BCUT2D eigenvalue weighted by Gasteiger charge is -2.06. The molecular weight excluding hydrogens is 226 g/mol. The minimum absolute atomic E-state index is 0.397. The Hall–Kier alpha value is -1.45. The zero-order valence-corrected chi connectivity index (χ0v) is 10.2. The first kappa shape index (κ1) is 12.6. The maximum Gasteiger partial charge on any atom is 0.177 e. The fraction of sp³-hybridized carbons (Fsp3) is 0.500. The van der Waals surface area contributed by atoms with Crippen LogP contribution in [0.1, 0.15) is 11.8 Å². The van der Waals surface area contributed by atoms with Crippen molar-refractivity contribution in [2.24, 2.45) is 0 Å². The van der Waals surface area contributed by atoms with E-state index in [0.29, 0.717) is 36.1 Å². The quantitative estimate of drug-likeness (QED) is 0.740. The Kier molecular flexibility index (Phi) is 4.89. The number of nitrogen functional groups attached to an aromatic ring is 1. The van der Waals surface area contributed by atoms with Crippen LogP contribution >= 0.6 is 11.3 Å². The summed E-state index contributed by atoms with van der Waals surface area (Å²) in [6, 6.07) is 2.03. The van der Waals surface area contributed by atoms with Crippen molar-refractivity contribution in [3.05, 3.63) is 4.88 Å². The summed E-state index contributed by atoms with van der Waals surface area (Å²) in [5.41, 5.74) is 6.14. The number of hydrogen-bond donors (Lipinski definition) is 2. The van der Waals surface area contributed by atoms with Crippen molar-refractivity contribution in [1.82, 2.24) is 0 Å². The van der Waals surface area contributed by atoms with E-state index in [4.69, 9.17) is 20.5 Å². The van der Waals surface area contributed by atoms with E-state index in [1.807, 2.05) is 13.0 Å². The molecule has 0 aromatic carbocycles. The van der Waals surface area contributed by atoms with E-state index in [1.165, 1.54) is 18.4 Å². The fourth-order valence-corrected chi connectivity index (χ4v) is 2.12. The third kappa shape index (κ3) is 2.78. The number of nitrogens with one attached hydrogen (secondary N) is 1. The molecule has 1 aromatic rings.